The van der Waals surface area contributed by atoms with E-state index in [4.69, 9.17) is 0 Å². The maximum atomic E-state index is 2.37. The molecule has 0 atom stereocenters. The molecule has 0 spiro atoms. The lowest BCUT2D eigenvalue weighted by molar-refractivity contribution is 0.591. The Balaban J connectivity index is 3.01. The summed E-state index contributed by atoms with van der Waals surface area (Å²) in [6.07, 6.45) is 17.2. The Morgan fingerprint density at radius 3 is 2.00 bits per heavy atom. The van der Waals surface area contributed by atoms with E-state index in [9.17, 15) is 0 Å². The van der Waals surface area contributed by atoms with Crippen molar-refractivity contribution in [3.8, 4) is 0 Å². The van der Waals surface area contributed by atoms with E-state index in [0.29, 0.717) is 0 Å². The lowest BCUT2D eigenvalue weighted by Gasteiger charge is -1.99. The van der Waals surface area contributed by atoms with Gasteiger partial charge in [-0.2, -0.15) is 0 Å². The van der Waals surface area contributed by atoms with Crippen LogP contribution in [0.25, 0.3) is 0 Å². The lowest BCUT2D eigenvalue weighted by Crippen LogP contribution is -1.82. The van der Waals surface area contributed by atoms with E-state index >= 15 is 0 Å². The van der Waals surface area contributed by atoms with Gasteiger partial charge in [-0.1, -0.05) is 71.4 Å². The van der Waals surface area contributed by atoms with Crippen LogP contribution in [0, 0.1) is 5.92 Å². The van der Waals surface area contributed by atoms with Crippen LogP contribution in [0.5, 0.6) is 0 Å². The zero-order valence-corrected chi connectivity index (χ0v) is 11.1. The van der Waals surface area contributed by atoms with Crippen LogP contribution < -0.4 is 0 Å². The quantitative estimate of drug-likeness (QED) is 0.319. The molecule has 0 unspecified atom stereocenters. The highest BCUT2D eigenvalue weighted by molar-refractivity contribution is 4.82. The molecule has 0 bridgehead atoms. The van der Waals surface area contributed by atoms with Crippen molar-refractivity contribution in [2.45, 2.75) is 78.6 Å². The first-order chi connectivity index (χ1) is 7.27. The molecule has 0 aromatic carbocycles. The van der Waals surface area contributed by atoms with Crippen LogP contribution in [0.1, 0.15) is 78.6 Å². The van der Waals surface area contributed by atoms with E-state index in [1.165, 1.54) is 57.8 Å². The van der Waals surface area contributed by atoms with Crippen molar-refractivity contribution in [1.82, 2.24) is 0 Å². The van der Waals surface area contributed by atoms with Gasteiger partial charge >= 0.3 is 0 Å². The predicted octanol–water partition coefficient (Wildman–Crippen LogP) is 5.73. The molecule has 15 heavy (non-hydrogen) atoms. The van der Waals surface area contributed by atoms with Gasteiger partial charge in [-0.25, -0.2) is 0 Å². The Hall–Kier alpha value is -0.260. The fourth-order valence-electron chi connectivity index (χ4n) is 1.71. The van der Waals surface area contributed by atoms with Gasteiger partial charge in [0.1, 0.15) is 0 Å². The van der Waals surface area contributed by atoms with Gasteiger partial charge in [-0.05, 0) is 25.2 Å². The molecule has 0 aromatic rings. The molecule has 0 heteroatoms. The van der Waals surface area contributed by atoms with Gasteiger partial charge in [0.2, 0.25) is 0 Å². The van der Waals surface area contributed by atoms with E-state index < -0.39 is 0 Å². The molecule has 0 saturated carbocycles. The Kier molecular flexibility index (Phi) is 11.6. The maximum Gasteiger partial charge on any atom is -0.0327 e. The third kappa shape index (κ3) is 13.7. The summed E-state index contributed by atoms with van der Waals surface area (Å²) < 4.78 is 0. The average molecular weight is 210 g/mol. The van der Waals surface area contributed by atoms with Crippen LogP contribution in [0.3, 0.4) is 0 Å². The molecule has 0 aromatic heterocycles. The number of allylic oxidation sites excluding steroid dienone is 2. The number of unbranched alkanes of at least 4 members (excludes halogenated alkanes) is 7. The minimum absolute atomic E-state index is 0.815. The average Bonchev–Trinajstić information content (AvgIpc) is 2.20. The highest BCUT2D eigenvalue weighted by atomic mass is 14.0. The molecule has 0 aliphatic heterocycles. The third-order valence-electron chi connectivity index (χ3n) is 2.75. The van der Waals surface area contributed by atoms with Gasteiger partial charge in [0.15, 0.2) is 0 Å². The minimum atomic E-state index is 0.815. The standard InChI is InChI=1S/C15H30/c1-4-5-6-7-8-9-10-11-12-13-14-15(2)3/h12-13,15H,4-11,14H2,1-3H3/b13-12-. The summed E-state index contributed by atoms with van der Waals surface area (Å²) in [6.45, 7) is 6.83. The van der Waals surface area contributed by atoms with Crippen molar-refractivity contribution >= 4 is 0 Å². The summed E-state index contributed by atoms with van der Waals surface area (Å²) in [5.41, 5.74) is 0. The van der Waals surface area contributed by atoms with Crippen molar-refractivity contribution in [2.24, 2.45) is 5.92 Å². The molecule has 0 N–H and O–H groups in total. The molecule has 0 heterocycles. The van der Waals surface area contributed by atoms with Crippen molar-refractivity contribution in [2.75, 3.05) is 0 Å². The van der Waals surface area contributed by atoms with Crippen LogP contribution in [-0.4, -0.2) is 0 Å². The fraction of sp³-hybridized carbons (Fsp3) is 0.867. The molecule has 90 valence electrons. The second-order valence-corrected chi connectivity index (χ2v) is 5.01. The number of rotatable bonds is 10. The third-order valence-corrected chi connectivity index (χ3v) is 2.75. The summed E-state index contributed by atoms with van der Waals surface area (Å²) in [4.78, 5) is 0. The zero-order valence-electron chi connectivity index (χ0n) is 11.1. The van der Waals surface area contributed by atoms with Gasteiger partial charge in [0, 0.05) is 0 Å². The summed E-state index contributed by atoms with van der Waals surface area (Å²) in [7, 11) is 0. The summed E-state index contributed by atoms with van der Waals surface area (Å²) in [6, 6.07) is 0. The van der Waals surface area contributed by atoms with E-state index in [-0.39, 0.29) is 0 Å². The number of hydrogen-bond donors (Lipinski definition) is 0. The van der Waals surface area contributed by atoms with Crippen LogP contribution in [-0.2, 0) is 0 Å². The topological polar surface area (TPSA) is 0 Å². The second-order valence-electron chi connectivity index (χ2n) is 5.01. The van der Waals surface area contributed by atoms with Crippen molar-refractivity contribution in [3.63, 3.8) is 0 Å². The number of hydrogen-bond acceptors (Lipinski definition) is 0. The van der Waals surface area contributed by atoms with E-state index in [1.54, 1.807) is 0 Å². The Labute approximate surface area is 97.2 Å². The van der Waals surface area contributed by atoms with Crippen LogP contribution >= 0.6 is 0 Å². The summed E-state index contributed by atoms with van der Waals surface area (Å²) >= 11 is 0. The van der Waals surface area contributed by atoms with E-state index in [1.807, 2.05) is 0 Å². The van der Waals surface area contributed by atoms with Crippen LogP contribution in [0.15, 0.2) is 12.2 Å². The molecular weight excluding hydrogens is 180 g/mol. The van der Waals surface area contributed by atoms with Crippen LogP contribution in [0.2, 0.25) is 0 Å². The van der Waals surface area contributed by atoms with Gasteiger partial charge in [-0.3, -0.25) is 0 Å². The minimum Gasteiger partial charge on any atom is -0.0885 e. The predicted molar refractivity (Wildman–Crippen MR) is 71.2 cm³/mol. The first-order valence-corrected chi connectivity index (χ1v) is 6.92. The largest absolute Gasteiger partial charge is 0.0885 e. The first kappa shape index (κ1) is 14.7. The highest BCUT2D eigenvalue weighted by Gasteiger charge is 1.90. The molecule has 0 nitrogen and oxygen atoms in total. The molecule has 0 radical (unpaired) electrons. The Morgan fingerprint density at radius 2 is 1.40 bits per heavy atom. The molecular formula is C15H30. The van der Waals surface area contributed by atoms with Crippen LogP contribution in [0.4, 0.5) is 0 Å². The molecule has 0 saturated heterocycles. The molecule has 0 aliphatic rings. The molecule has 0 rings (SSSR count). The van der Waals surface area contributed by atoms with E-state index in [0.717, 1.165) is 5.92 Å². The maximum absolute atomic E-state index is 2.37. The molecule has 0 fully saturated rings. The fourth-order valence-corrected chi connectivity index (χ4v) is 1.71. The van der Waals surface area contributed by atoms with E-state index in [2.05, 4.69) is 32.9 Å². The summed E-state index contributed by atoms with van der Waals surface area (Å²) in [5, 5.41) is 0. The van der Waals surface area contributed by atoms with Gasteiger partial charge in [-0.15, -0.1) is 0 Å². The monoisotopic (exact) mass is 210 g/mol. The summed E-state index contributed by atoms with van der Waals surface area (Å²) in [5.74, 6) is 0.815. The molecule has 0 aliphatic carbocycles. The Bertz CT molecular complexity index is 133. The highest BCUT2D eigenvalue weighted by Crippen LogP contribution is 2.09. The molecule has 0 amide bonds. The van der Waals surface area contributed by atoms with Gasteiger partial charge < -0.3 is 0 Å². The normalized spacial score (nSPS) is 11.7. The van der Waals surface area contributed by atoms with Crippen molar-refractivity contribution in [1.29, 1.82) is 0 Å². The van der Waals surface area contributed by atoms with Crippen molar-refractivity contribution < 1.29 is 0 Å². The second kappa shape index (κ2) is 11.8. The van der Waals surface area contributed by atoms with Gasteiger partial charge in [0.05, 0.1) is 0 Å². The Morgan fingerprint density at radius 1 is 0.800 bits per heavy atom. The zero-order chi connectivity index (χ0) is 11.4. The van der Waals surface area contributed by atoms with Crippen molar-refractivity contribution in [3.05, 3.63) is 12.2 Å². The smallest absolute Gasteiger partial charge is 0.0327 e. The SMILES string of the molecule is CCCCCCCCC/C=C\CC(C)C. The first-order valence-electron chi connectivity index (χ1n) is 6.92. The van der Waals surface area contributed by atoms with Gasteiger partial charge in [0.25, 0.3) is 0 Å². The lowest BCUT2D eigenvalue weighted by atomic mass is 10.1.